The number of benzene rings is 1. The van der Waals surface area contributed by atoms with Gasteiger partial charge in [-0.05, 0) is 44.0 Å². The molecule has 0 bridgehead atoms. The fraction of sp³-hybridized carbons (Fsp3) is 0.455. The molecule has 8 heteroatoms. The molecule has 3 rings (SSSR count). The van der Waals surface area contributed by atoms with Crippen LogP contribution in [0, 0.1) is 0 Å². The number of halogens is 1. The van der Waals surface area contributed by atoms with Crippen molar-refractivity contribution >= 4 is 27.8 Å². The molecule has 0 aromatic heterocycles. The van der Waals surface area contributed by atoms with Crippen molar-refractivity contribution in [2.75, 3.05) is 7.11 Å². The highest BCUT2D eigenvalue weighted by Gasteiger charge is 2.56. The lowest BCUT2D eigenvalue weighted by Gasteiger charge is -2.42. The maximum Gasteiger partial charge on any atom is 0.338 e. The number of amides is 1. The van der Waals surface area contributed by atoms with E-state index in [0.29, 0.717) is 12.0 Å². The molecule has 162 valence electrons. The van der Waals surface area contributed by atoms with E-state index < -0.39 is 29.7 Å². The predicted octanol–water partition coefficient (Wildman–Crippen LogP) is 3.88. The number of hydrogen-bond donors (Lipinski definition) is 1. The largest absolute Gasteiger partial charge is 0.484 e. The third-order valence-electron chi connectivity index (χ3n) is 5.43. The highest BCUT2D eigenvalue weighted by Crippen LogP contribution is 2.44. The third kappa shape index (κ3) is 4.04. The minimum Gasteiger partial charge on any atom is -0.484 e. The first kappa shape index (κ1) is 22.5. The van der Waals surface area contributed by atoms with Crippen molar-refractivity contribution in [2.24, 2.45) is 0 Å². The Bertz CT molecular complexity index is 876. The van der Waals surface area contributed by atoms with Gasteiger partial charge in [0.2, 0.25) is 0 Å². The molecule has 1 aromatic carbocycles. The number of nitrogens with zero attached hydrogens (tertiary/aromatic N) is 1. The van der Waals surface area contributed by atoms with Crippen LogP contribution in [0.3, 0.4) is 0 Å². The second-order valence-electron chi connectivity index (χ2n) is 7.59. The summed E-state index contributed by atoms with van der Waals surface area (Å²) in [7, 11) is 1.33. The Balaban J connectivity index is 1.97. The lowest BCUT2D eigenvalue weighted by Crippen LogP contribution is -2.56. The number of carbonyl (C=O) groups is 2. The molecule has 7 nitrogen and oxygen atoms in total. The van der Waals surface area contributed by atoms with Crippen LogP contribution < -0.4 is 0 Å². The van der Waals surface area contributed by atoms with Gasteiger partial charge < -0.3 is 14.6 Å². The fourth-order valence-corrected chi connectivity index (χ4v) is 3.99. The molecular formula is C22H26BrNO6. The van der Waals surface area contributed by atoms with Crippen LogP contribution in [-0.4, -0.2) is 47.0 Å². The summed E-state index contributed by atoms with van der Waals surface area (Å²) in [4.78, 5) is 30.8. The van der Waals surface area contributed by atoms with E-state index in [9.17, 15) is 14.7 Å². The minimum absolute atomic E-state index is 0.0315. The Labute approximate surface area is 184 Å². The Morgan fingerprint density at radius 3 is 2.60 bits per heavy atom. The van der Waals surface area contributed by atoms with Crippen molar-refractivity contribution in [1.82, 2.24) is 5.06 Å². The van der Waals surface area contributed by atoms with Crippen LogP contribution >= 0.6 is 15.9 Å². The summed E-state index contributed by atoms with van der Waals surface area (Å²) >= 11 is 3.32. The van der Waals surface area contributed by atoms with Gasteiger partial charge in [0.05, 0.1) is 12.7 Å². The quantitative estimate of drug-likeness (QED) is 0.471. The van der Waals surface area contributed by atoms with Crippen molar-refractivity contribution in [2.45, 2.75) is 57.3 Å². The van der Waals surface area contributed by atoms with E-state index in [4.69, 9.17) is 14.3 Å². The Morgan fingerprint density at radius 2 is 2.00 bits per heavy atom. The number of hydrogen-bond acceptors (Lipinski definition) is 6. The van der Waals surface area contributed by atoms with Crippen molar-refractivity contribution < 1.29 is 29.0 Å². The SMILES string of the molecule is C=C1C2=C(C(=O)N1OC)[C@@H](OC(=O)c1ccc(Br)cc1)[C@@](C)(O)[C@@H](CCCCC)O2. The molecule has 30 heavy (non-hydrogen) atoms. The number of rotatable bonds is 7. The molecule has 0 fully saturated rings. The molecule has 0 radical (unpaired) electrons. The Kier molecular flexibility index (Phi) is 6.69. The normalized spacial score (nSPS) is 26.0. The molecule has 0 spiro atoms. The third-order valence-corrected chi connectivity index (χ3v) is 5.96. The highest BCUT2D eigenvalue weighted by molar-refractivity contribution is 9.10. The summed E-state index contributed by atoms with van der Waals surface area (Å²) < 4.78 is 12.5. The summed E-state index contributed by atoms with van der Waals surface area (Å²) in [6.07, 6.45) is 1.43. The molecule has 2 heterocycles. The van der Waals surface area contributed by atoms with Gasteiger partial charge in [0.15, 0.2) is 11.9 Å². The van der Waals surface area contributed by atoms with Crippen LogP contribution in [-0.2, 0) is 19.1 Å². The molecule has 1 N–H and O–H groups in total. The van der Waals surface area contributed by atoms with Gasteiger partial charge in [-0.15, -0.1) is 0 Å². The van der Waals surface area contributed by atoms with Gasteiger partial charge in [0.25, 0.3) is 5.91 Å². The van der Waals surface area contributed by atoms with Gasteiger partial charge in [-0.3, -0.25) is 9.63 Å². The van der Waals surface area contributed by atoms with Crippen molar-refractivity contribution in [3.8, 4) is 0 Å². The van der Waals surface area contributed by atoms with Crippen molar-refractivity contribution in [1.29, 1.82) is 0 Å². The molecule has 0 saturated heterocycles. The topological polar surface area (TPSA) is 85.3 Å². The first-order chi connectivity index (χ1) is 14.2. The van der Waals surface area contributed by atoms with Gasteiger partial charge in [-0.25, -0.2) is 4.79 Å². The van der Waals surface area contributed by atoms with Gasteiger partial charge in [0.1, 0.15) is 23.0 Å². The zero-order valence-corrected chi connectivity index (χ0v) is 18.9. The van der Waals surface area contributed by atoms with E-state index in [1.807, 2.05) is 0 Å². The zero-order chi connectivity index (χ0) is 22.1. The van der Waals surface area contributed by atoms with E-state index >= 15 is 0 Å². The highest BCUT2D eigenvalue weighted by atomic mass is 79.9. The molecular weight excluding hydrogens is 454 g/mol. The van der Waals surface area contributed by atoms with E-state index in [0.717, 1.165) is 28.8 Å². The second kappa shape index (κ2) is 8.91. The maximum atomic E-state index is 12.9. The number of esters is 1. The van der Waals surface area contributed by atoms with Crippen LogP contribution in [0.5, 0.6) is 0 Å². The number of aliphatic hydroxyl groups is 1. The Morgan fingerprint density at radius 1 is 1.33 bits per heavy atom. The van der Waals surface area contributed by atoms with E-state index in [2.05, 4.69) is 29.4 Å². The summed E-state index contributed by atoms with van der Waals surface area (Å²) in [5.74, 6) is -1.02. The lowest BCUT2D eigenvalue weighted by atomic mass is 9.82. The van der Waals surface area contributed by atoms with Crippen LogP contribution in [0.4, 0.5) is 0 Å². The number of carbonyl (C=O) groups excluding carboxylic acids is 2. The molecule has 2 aliphatic rings. The monoisotopic (exact) mass is 479 g/mol. The van der Waals surface area contributed by atoms with Crippen LogP contribution in [0.15, 0.2) is 52.3 Å². The van der Waals surface area contributed by atoms with E-state index in [1.54, 1.807) is 24.3 Å². The first-order valence-electron chi connectivity index (χ1n) is 9.89. The van der Waals surface area contributed by atoms with Crippen molar-refractivity contribution in [3.63, 3.8) is 0 Å². The average Bonchev–Trinajstić information content (AvgIpc) is 2.94. The smallest absolute Gasteiger partial charge is 0.338 e. The van der Waals surface area contributed by atoms with Crippen molar-refractivity contribution in [3.05, 3.63) is 57.9 Å². The summed E-state index contributed by atoms with van der Waals surface area (Å²) in [5.41, 5.74) is -1.06. The van der Waals surface area contributed by atoms with Gasteiger partial charge in [-0.1, -0.05) is 42.3 Å². The number of unbranched alkanes of at least 4 members (excludes halogenated alkanes) is 2. The maximum absolute atomic E-state index is 12.9. The van der Waals surface area contributed by atoms with Gasteiger partial charge in [-0.2, -0.15) is 5.06 Å². The molecule has 1 amide bonds. The van der Waals surface area contributed by atoms with Crippen LogP contribution in [0.25, 0.3) is 0 Å². The summed E-state index contributed by atoms with van der Waals surface area (Å²) in [6.45, 7) is 7.48. The number of hydroxylamine groups is 2. The van der Waals surface area contributed by atoms with Crippen LogP contribution in [0.1, 0.15) is 49.9 Å². The molecule has 0 saturated carbocycles. The number of ether oxygens (including phenoxy) is 2. The molecule has 3 atom stereocenters. The summed E-state index contributed by atoms with van der Waals surface area (Å²) in [6, 6.07) is 6.63. The first-order valence-corrected chi connectivity index (χ1v) is 10.7. The standard InChI is InChI=1S/C22H26BrNO6/c1-5-6-7-8-16-22(3,27)19(30-21(26)14-9-11-15(23)12-10-14)17-18(29-16)13(2)24(28-4)20(17)25/h9-12,16,19,27H,2,5-8H2,1,3-4H3/t16-,19-,22+/m1/s1. The predicted molar refractivity (Wildman–Crippen MR) is 113 cm³/mol. The molecule has 2 aliphatic heterocycles. The molecule has 0 unspecified atom stereocenters. The fourth-order valence-electron chi connectivity index (χ4n) is 3.73. The van der Waals surface area contributed by atoms with E-state index in [1.165, 1.54) is 14.0 Å². The van der Waals surface area contributed by atoms with E-state index in [-0.39, 0.29) is 17.0 Å². The summed E-state index contributed by atoms with van der Waals surface area (Å²) in [5, 5.41) is 12.3. The Hall–Kier alpha value is -2.16. The van der Waals surface area contributed by atoms with Gasteiger partial charge in [0, 0.05) is 4.47 Å². The molecule has 1 aromatic rings. The second-order valence-corrected chi connectivity index (χ2v) is 8.51. The lowest BCUT2D eigenvalue weighted by molar-refractivity contribution is -0.162. The average molecular weight is 480 g/mol. The molecule has 0 aliphatic carbocycles. The van der Waals surface area contributed by atoms with Gasteiger partial charge >= 0.3 is 5.97 Å². The zero-order valence-electron chi connectivity index (χ0n) is 17.3. The minimum atomic E-state index is -1.61. The van der Waals surface area contributed by atoms with Crippen LogP contribution in [0.2, 0.25) is 0 Å².